The van der Waals surface area contributed by atoms with Crippen LogP contribution in [0.2, 0.25) is 10.0 Å². The number of aliphatic hydroxyl groups excluding tert-OH is 1. The first-order chi connectivity index (χ1) is 16.3. The summed E-state index contributed by atoms with van der Waals surface area (Å²) in [5.41, 5.74) is 0.674. The Balaban J connectivity index is 2.23. The minimum absolute atomic E-state index is 0.0391. The Morgan fingerprint density at radius 1 is 1.00 bits per heavy atom. The largest absolute Gasteiger partial charge is 0.507 e. The molecule has 0 aliphatic carbocycles. The van der Waals surface area contributed by atoms with Crippen molar-refractivity contribution < 1.29 is 28.9 Å². The van der Waals surface area contributed by atoms with E-state index in [2.05, 4.69) is 6.92 Å². The predicted molar refractivity (Wildman–Crippen MR) is 131 cm³/mol. The standard InChI is InChI=1S/C25H27Cl2NO6/c1-5-6-7-12-28-20(14-8-10-15(32-2)11-9-14)18(22(30)25(28)31)21(29)16-13-17(26)24(34-4)19(27)23(16)33-3/h8-11,13,20,29H,5-7,12H2,1-4H3/b21-18+. The fraction of sp³-hybridized carbons (Fsp3) is 0.360. The van der Waals surface area contributed by atoms with E-state index in [0.29, 0.717) is 17.9 Å². The number of hydrogen-bond acceptors (Lipinski definition) is 6. The van der Waals surface area contributed by atoms with Crippen LogP contribution in [0, 0.1) is 0 Å². The molecule has 182 valence electrons. The van der Waals surface area contributed by atoms with Gasteiger partial charge in [-0.05, 0) is 30.2 Å². The number of rotatable bonds is 9. The lowest BCUT2D eigenvalue weighted by Gasteiger charge is -2.25. The third kappa shape index (κ3) is 4.68. The third-order valence-corrected chi connectivity index (χ3v) is 6.39. The molecule has 34 heavy (non-hydrogen) atoms. The lowest BCUT2D eigenvalue weighted by molar-refractivity contribution is -0.139. The number of likely N-dealkylation sites (tertiary alicyclic amines) is 1. The van der Waals surface area contributed by atoms with Crippen molar-refractivity contribution in [2.75, 3.05) is 27.9 Å². The topological polar surface area (TPSA) is 85.3 Å². The van der Waals surface area contributed by atoms with Crippen molar-refractivity contribution in [1.82, 2.24) is 4.90 Å². The van der Waals surface area contributed by atoms with Gasteiger partial charge in [-0.2, -0.15) is 0 Å². The van der Waals surface area contributed by atoms with Gasteiger partial charge < -0.3 is 24.2 Å². The van der Waals surface area contributed by atoms with E-state index in [-0.39, 0.29) is 32.7 Å². The molecule has 2 aromatic carbocycles. The second kappa shape index (κ2) is 11.0. The number of Topliss-reactive ketones (excluding diaryl/α,β-unsaturated/α-hetero) is 1. The van der Waals surface area contributed by atoms with Crippen LogP contribution in [0.3, 0.4) is 0 Å². The van der Waals surface area contributed by atoms with Gasteiger partial charge in [-0.15, -0.1) is 0 Å². The summed E-state index contributed by atoms with van der Waals surface area (Å²) in [5, 5.41) is 11.5. The number of ketones is 1. The maximum atomic E-state index is 13.2. The highest BCUT2D eigenvalue weighted by Crippen LogP contribution is 2.47. The van der Waals surface area contributed by atoms with E-state index in [0.717, 1.165) is 19.3 Å². The average Bonchev–Trinajstić information content (AvgIpc) is 3.08. The van der Waals surface area contributed by atoms with Gasteiger partial charge in [0.25, 0.3) is 11.7 Å². The van der Waals surface area contributed by atoms with Crippen LogP contribution >= 0.6 is 23.2 Å². The van der Waals surface area contributed by atoms with Crippen LogP contribution in [-0.4, -0.2) is 49.6 Å². The summed E-state index contributed by atoms with van der Waals surface area (Å²) < 4.78 is 15.9. The molecule has 0 aromatic heterocycles. The molecule has 1 N–H and O–H groups in total. The van der Waals surface area contributed by atoms with Crippen LogP contribution in [-0.2, 0) is 9.59 Å². The zero-order chi connectivity index (χ0) is 25.0. The van der Waals surface area contributed by atoms with E-state index in [1.807, 2.05) is 0 Å². The highest BCUT2D eigenvalue weighted by atomic mass is 35.5. The molecule has 1 amide bonds. The molecule has 0 bridgehead atoms. The van der Waals surface area contributed by atoms with E-state index in [1.165, 1.54) is 25.2 Å². The van der Waals surface area contributed by atoms with Gasteiger partial charge in [0.05, 0.1) is 43.5 Å². The second-order valence-electron chi connectivity index (χ2n) is 7.76. The van der Waals surface area contributed by atoms with Gasteiger partial charge in [0.2, 0.25) is 0 Å². The lowest BCUT2D eigenvalue weighted by atomic mass is 9.94. The molecule has 2 aromatic rings. The molecule has 1 saturated heterocycles. The molecule has 0 saturated carbocycles. The maximum absolute atomic E-state index is 13.2. The summed E-state index contributed by atoms with van der Waals surface area (Å²) in [6.45, 7) is 2.42. The summed E-state index contributed by atoms with van der Waals surface area (Å²) >= 11 is 12.7. The Bertz CT molecular complexity index is 1110. The number of carbonyl (C=O) groups excluding carboxylic acids is 2. The molecule has 1 aliphatic heterocycles. The normalized spacial score (nSPS) is 17.2. The highest BCUT2D eigenvalue weighted by molar-refractivity contribution is 6.47. The van der Waals surface area contributed by atoms with Crippen LogP contribution in [0.1, 0.15) is 43.4 Å². The van der Waals surface area contributed by atoms with Gasteiger partial charge >= 0.3 is 0 Å². The van der Waals surface area contributed by atoms with Crippen molar-refractivity contribution in [3.63, 3.8) is 0 Å². The van der Waals surface area contributed by atoms with Crippen molar-refractivity contribution >= 4 is 40.7 Å². The van der Waals surface area contributed by atoms with E-state index in [4.69, 9.17) is 37.4 Å². The molecular weight excluding hydrogens is 481 g/mol. The number of unbranched alkanes of at least 4 members (excludes halogenated alkanes) is 2. The van der Waals surface area contributed by atoms with Crippen molar-refractivity contribution in [1.29, 1.82) is 0 Å². The molecule has 1 aliphatic rings. The zero-order valence-corrected chi connectivity index (χ0v) is 21.0. The molecule has 1 fully saturated rings. The lowest BCUT2D eigenvalue weighted by Crippen LogP contribution is -2.30. The monoisotopic (exact) mass is 507 g/mol. The molecule has 3 rings (SSSR count). The minimum Gasteiger partial charge on any atom is -0.507 e. The van der Waals surface area contributed by atoms with Crippen molar-refractivity contribution in [2.24, 2.45) is 0 Å². The Morgan fingerprint density at radius 3 is 2.21 bits per heavy atom. The number of nitrogens with zero attached hydrogens (tertiary/aromatic N) is 1. The summed E-state index contributed by atoms with van der Waals surface area (Å²) in [6.07, 6.45) is 2.58. The Hall–Kier alpha value is -2.90. The molecule has 1 atom stereocenters. The number of benzene rings is 2. The summed E-state index contributed by atoms with van der Waals surface area (Å²) in [4.78, 5) is 27.7. The SMILES string of the molecule is CCCCCN1C(=O)C(=O)/C(=C(/O)c2cc(Cl)c(OC)c(Cl)c2OC)C1c1ccc(OC)cc1. The average molecular weight is 508 g/mol. The Kier molecular flexibility index (Phi) is 8.33. The molecule has 9 heteroatoms. The van der Waals surface area contributed by atoms with E-state index < -0.39 is 23.5 Å². The van der Waals surface area contributed by atoms with E-state index in [1.54, 1.807) is 31.4 Å². The molecular formula is C25H27Cl2NO6. The summed E-state index contributed by atoms with van der Waals surface area (Å²) in [5.74, 6) is -1.03. The van der Waals surface area contributed by atoms with Crippen LogP contribution < -0.4 is 14.2 Å². The molecule has 0 spiro atoms. The first-order valence-electron chi connectivity index (χ1n) is 10.8. The number of ether oxygens (including phenoxy) is 3. The number of aliphatic hydroxyl groups is 1. The molecule has 0 radical (unpaired) electrons. The Labute approximate surface area is 208 Å². The quantitative estimate of drug-likeness (QED) is 0.205. The maximum Gasteiger partial charge on any atom is 0.295 e. The van der Waals surface area contributed by atoms with Crippen LogP contribution in [0.5, 0.6) is 17.2 Å². The minimum atomic E-state index is -0.799. The van der Waals surface area contributed by atoms with Crippen molar-refractivity contribution in [3.8, 4) is 17.2 Å². The zero-order valence-electron chi connectivity index (χ0n) is 19.5. The number of methoxy groups -OCH3 is 3. The molecule has 1 heterocycles. The fourth-order valence-corrected chi connectivity index (χ4v) is 4.75. The number of hydrogen-bond donors (Lipinski definition) is 1. The van der Waals surface area contributed by atoms with Gasteiger partial charge in [0, 0.05) is 6.54 Å². The smallest absolute Gasteiger partial charge is 0.295 e. The first kappa shape index (κ1) is 25.7. The summed E-state index contributed by atoms with van der Waals surface area (Å²) in [6, 6.07) is 7.61. The van der Waals surface area contributed by atoms with Gasteiger partial charge in [0.15, 0.2) is 11.5 Å². The molecule has 7 nitrogen and oxygen atoms in total. The summed E-state index contributed by atoms with van der Waals surface area (Å²) in [7, 11) is 4.32. The van der Waals surface area contributed by atoms with Crippen molar-refractivity contribution in [2.45, 2.75) is 32.2 Å². The van der Waals surface area contributed by atoms with E-state index in [9.17, 15) is 14.7 Å². The third-order valence-electron chi connectivity index (χ3n) is 5.77. The second-order valence-corrected chi connectivity index (χ2v) is 8.54. The molecule has 1 unspecified atom stereocenters. The fourth-order valence-electron chi connectivity index (χ4n) is 4.07. The van der Waals surface area contributed by atoms with Gasteiger partial charge in [-0.1, -0.05) is 55.1 Å². The number of amides is 1. The van der Waals surface area contributed by atoms with Gasteiger partial charge in [-0.25, -0.2) is 0 Å². The van der Waals surface area contributed by atoms with Crippen molar-refractivity contribution in [3.05, 3.63) is 57.1 Å². The predicted octanol–water partition coefficient (Wildman–Crippen LogP) is 5.63. The highest BCUT2D eigenvalue weighted by Gasteiger charge is 2.46. The van der Waals surface area contributed by atoms with Crippen LogP contribution in [0.25, 0.3) is 5.76 Å². The number of carbonyl (C=O) groups is 2. The van der Waals surface area contributed by atoms with E-state index >= 15 is 0 Å². The Morgan fingerprint density at radius 2 is 1.65 bits per heavy atom. The first-order valence-corrected chi connectivity index (χ1v) is 11.6. The van der Waals surface area contributed by atoms with Crippen LogP contribution in [0.15, 0.2) is 35.9 Å². The van der Waals surface area contributed by atoms with Gasteiger partial charge in [0.1, 0.15) is 16.5 Å². The van der Waals surface area contributed by atoms with Gasteiger partial charge in [-0.3, -0.25) is 9.59 Å². The number of halogens is 2. The van der Waals surface area contributed by atoms with Crippen LogP contribution in [0.4, 0.5) is 0 Å².